The molecular weight excluding hydrogens is 352 g/mol. The molecular formula is C15H23BrN2O2S. The number of benzene rings is 1. The first-order chi connectivity index (χ1) is 9.96. The number of furan rings is 1. The van der Waals surface area contributed by atoms with Crippen molar-refractivity contribution in [2.45, 2.75) is 20.8 Å². The van der Waals surface area contributed by atoms with E-state index in [4.69, 9.17) is 4.42 Å². The first kappa shape index (κ1) is 20.0. The highest BCUT2D eigenvalue weighted by molar-refractivity contribution is 9.10. The minimum Gasteiger partial charge on any atom is -0.461 e. The van der Waals surface area contributed by atoms with E-state index in [1.54, 1.807) is 11.2 Å². The van der Waals surface area contributed by atoms with Crippen LogP contribution in [0.2, 0.25) is 0 Å². The summed E-state index contributed by atoms with van der Waals surface area (Å²) < 4.78 is 8.08. The van der Waals surface area contributed by atoms with Crippen molar-refractivity contribution in [1.82, 2.24) is 5.32 Å². The van der Waals surface area contributed by atoms with E-state index in [-0.39, 0.29) is 0 Å². The van der Waals surface area contributed by atoms with Gasteiger partial charge >= 0.3 is 0 Å². The number of thiol groups is 1. The highest BCUT2D eigenvalue weighted by Gasteiger charge is 2.13. The van der Waals surface area contributed by atoms with Crippen molar-refractivity contribution in [3.8, 4) is 0 Å². The molecule has 0 radical (unpaired) electrons. The quantitative estimate of drug-likeness (QED) is 0.601. The molecule has 0 saturated carbocycles. The number of nitrogens with zero attached hydrogens (tertiary/aromatic N) is 1. The summed E-state index contributed by atoms with van der Waals surface area (Å²) in [6, 6.07) is 3.73. The fourth-order valence-electron chi connectivity index (χ4n) is 1.64. The molecule has 0 aliphatic heterocycles. The molecule has 0 aliphatic rings. The van der Waals surface area contributed by atoms with Crippen LogP contribution in [0.5, 0.6) is 0 Å². The molecule has 2 rings (SSSR count). The lowest BCUT2D eigenvalue weighted by Crippen LogP contribution is -2.01. The molecule has 0 saturated heterocycles. The Kier molecular flexibility index (Phi) is 9.41. The summed E-state index contributed by atoms with van der Waals surface area (Å²) in [6.45, 7) is 5.78. The molecule has 2 aromatic rings. The number of carbonyl (C=O) groups excluding carboxylic acids is 1. The van der Waals surface area contributed by atoms with Crippen LogP contribution in [0, 0.1) is 6.92 Å². The number of rotatable bonds is 2. The van der Waals surface area contributed by atoms with Gasteiger partial charge in [-0.2, -0.15) is 0 Å². The van der Waals surface area contributed by atoms with Gasteiger partial charge in [-0.1, -0.05) is 26.7 Å². The van der Waals surface area contributed by atoms with Crippen LogP contribution in [-0.4, -0.2) is 27.4 Å². The number of carbonyl (C=O) groups is 1. The number of nitrogens with one attached hydrogen (secondary N) is 1. The first-order valence-corrected chi connectivity index (χ1v) is 7.84. The second-order valence-corrected chi connectivity index (χ2v) is 5.47. The average molecular weight is 375 g/mol. The Morgan fingerprint density at radius 3 is 2.29 bits per heavy atom. The summed E-state index contributed by atoms with van der Waals surface area (Å²) in [6.07, 6.45) is 0.817. The van der Waals surface area contributed by atoms with Crippen molar-refractivity contribution in [3.05, 3.63) is 27.9 Å². The Balaban J connectivity index is 0.000000713. The van der Waals surface area contributed by atoms with E-state index in [1.807, 2.05) is 47.1 Å². The summed E-state index contributed by atoms with van der Waals surface area (Å²) in [5.41, 5.74) is 2.18. The van der Waals surface area contributed by atoms with Gasteiger partial charge < -0.3 is 14.0 Å². The van der Waals surface area contributed by atoms with Crippen molar-refractivity contribution in [3.63, 3.8) is 0 Å². The molecule has 1 N–H and O–H groups in total. The number of halogens is 1. The van der Waals surface area contributed by atoms with E-state index in [0.717, 1.165) is 21.8 Å². The van der Waals surface area contributed by atoms with E-state index >= 15 is 0 Å². The maximum Gasteiger partial charge on any atom is 0.154 e. The highest BCUT2D eigenvalue weighted by atomic mass is 79.9. The number of hydrogen-bond acceptors (Lipinski definition) is 5. The smallest absolute Gasteiger partial charge is 0.154 e. The number of aryl methyl sites for hydroxylation is 1. The molecule has 0 amide bonds. The van der Waals surface area contributed by atoms with Gasteiger partial charge in [0.1, 0.15) is 11.3 Å². The monoisotopic (exact) mass is 374 g/mol. The summed E-state index contributed by atoms with van der Waals surface area (Å²) in [7, 11) is 5.57. The van der Waals surface area contributed by atoms with Crippen LogP contribution in [0.1, 0.15) is 30.0 Å². The molecule has 1 aromatic carbocycles. The Labute approximate surface area is 140 Å². The van der Waals surface area contributed by atoms with Gasteiger partial charge in [-0.25, -0.2) is 0 Å². The molecule has 6 heteroatoms. The molecule has 0 aliphatic carbocycles. The minimum absolute atomic E-state index is 0.601. The van der Waals surface area contributed by atoms with Crippen LogP contribution < -0.4 is 9.62 Å². The van der Waals surface area contributed by atoms with Crippen LogP contribution in [0.4, 0.5) is 5.69 Å². The number of aldehydes is 1. The van der Waals surface area contributed by atoms with E-state index in [0.29, 0.717) is 16.9 Å². The third-order valence-electron chi connectivity index (χ3n) is 2.45. The third-order valence-corrected chi connectivity index (χ3v) is 3.30. The molecule has 0 unspecified atom stereocenters. The summed E-state index contributed by atoms with van der Waals surface area (Å²) >= 11 is 7.67. The molecule has 1 aromatic heterocycles. The molecule has 0 atom stereocenters. The number of anilines is 1. The second kappa shape index (κ2) is 9.87. The lowest BCUT2D eigenvalue weighted by atomic mass is 10.1. The topological polar surface area (TPSA) is 45.5 Å². The Morgan fingerprint density at radius 1 is 1.33 bits per heavy atom. The van der Waals surface area contributed by atoms with Gasteiger partial charge in [-0.15, -0.1) is 0 Å². The Hall–Kier alpha value is -0.980. The van der Waals surface area contributed by atoms with Crippen molar-refractivity contribution < 1.29 is 9.21 Å². The first-order valence-electron chi connectivity index (χ1n) is 6.65. The van der Waals surface area contributed by atoms with Gasteiger partial charge in [0, 0.05) is 23.0 Å². The zero-order valence-corrected chi connectivity index (χ0v) is 15.8. The lowest BCUT2D eigenvalue weighted by molar-refractivity contribution is 0.112. The predicted octanol–water partition coefficient (Wildman–Crippen LogP) is 4.46. The normalized spacial score (nSPS) is 9.33. The van der Waals surface area contributed by atoms with Crippen molar-refractivity contribution in [2.75, 3.05) is 25.4 Å². The zero-order chi connectivity index (χ0) is 16.6. The lowest BCUT2D eigenvalue weighted by Gasteiger charge is -2.12. The largest absolute Gasteiger partial charge is 0.461 e. The van der Waals surface area contributed by atoms with Crippen LogP contribution in [0.25, 0.3) is 11.0 Å². The maximum absolute atomic E-state index is 10.9. The second-order valence-electron chi connectivity index (χ2n) is 4.01. The van der Waals surface area contributed by atoms with Crippen molar-refractivity contribution in [2.24, 2.45) is 0 Å². The van der Waals surface area contributed by atoms with Crippen LogP contribution in [0.3, 0.4) is 0 Å². The molecule has 118 valence electrons. The zero-order valence-electron chi connectivity index (χ0n) is 13.3. The Bertz CT molecular complexity index is 583. The van der Waals surface area contributed by atoms with E-state index in [2.05, 4.69) is 34.1 Å². The van der Waals surface area contributed by atoms with Gasteiger partial charge in [-0.05, 0) is 43.0 Å². The third kappa shape index (κ3) is 5.05. The summed E-state index contributed by atoms with van der Waals surface area (Å²) in [5, 5.41) is 3.57. The predicted molar refractivity (Wildman–Crippen MR) is 97.8 cm³/mol. The van der Waals surface area contributed by atoms with Gasteiger partial charge in [-0.3, -0.25) is 4.79 Å². The molecule has 0 bridgehead atoms. The molecule has 4 nitrogen and oxygen atoms in total. The molecule has 1 heterocycles. The minimum atomic E-state index is 0.601. The van der Waals surface area contributed by atoms with Crippen molar-refractivity contribution in [1.29, 1.82) is 0 Å². The Morgan fingerprint density at radius 2 is 1.86 bits per heavy atom. The highest BCUT2D eigenvalue weighted by Crippen LogP contribution is 2.34. The van der Waals surface area contributed by atoms with Gasteiger partial charge in [0.2, 0.25) is 0 Å². The SMILES string of the molecule is CC.CNC.Cc1oc2cc(N(C)S)c(Br)cc2c1C=O. The molecule has 0 spiro atoms. The summed E-state index contributed by atoms with van der Waals surface area (Å²) in [4.78, 5) is 10.9. The molecule has 21 heavy (non-hydrogen) atoms. The maximum atomic E-state index is 10.9. The fourth-order valence-corrected chi connectivity index (χ4v) is 2.55. The van der Waals surface area contributed by atoms with Gasteiger partial charge in [0.25, 0.3) is 0 Å². The van der Waals surface area contributed by atoms with E-state index in [1.165, 1.54) is 0 Å². The van der Waals surface area contributed by atoms with Crippen LogP contribution >= 0.6 is 28.7 Å². The van der Waals surface area contributed by atoms with Crippen molar-refractivity contribution >= 4 is 51.7 Å². The van der Waals surface area contributed by atoms with Gasteiger partial charge in [0.05, 0.1) is 11.3 Å². The van der Waals surface area contributed by atoms with Crippen LogP contribution in [0.15, 0.2) is 21.0 Å². The molecule has 0 fully saturated rings. The van der Waals surface area contributed by atoms with Crippen LogP contribution in [-0.2, 0) is 0 Å². The number of hydrogen-bond donors (Lipinski definition) is 2. The van der Waals surface area contributed by atoms with Gasteiger partial charge in [0.15, 0.2) is 6.29 Å². The van der Waals surface area contributed by atoms with E-state index < -0.39 is 0 Å². The standard InChI is InChI=1S/C11H10BrNO2S.C2H7N.C2H6/c1-6-8(5-14)7-3-9(12)10(13(2)16)4-11(7)15-6;1-3-2;1-2/h3-5,16H,1-2H3;3H,1-2H3;1-2H3. The summed E-state index contributed by atoms with van der Waals surface area (Å²) in [5.74, 6) is 0.635. The van der Waals surface area contributed by atoms with E-state index in [9.17, 15) is 4.79 Å². The number of fused-ring (bicyclic) bond motifs is 1. The fraction of sp³-hybridized carbons (Fsp3) is 0.400. The average Bonchev–Trinajstić information content (AvgIpc) is 2.75.